The van der Waals surface area contributed by atoms with Crippen molar-refractivity contribution in [2.45, 2.75) is 39.3 Å². The molecule has 0 bridgehead atoms. The molecule has 0 aliphatic rings. The molecule has 0 spiro atoms. The molecule has 2 N–H and O–H groups in total. The fraction of sp³-hybridized carbons (Fsp3) is 0.600. The van der Waals surface area contributed by atoms with Crippen molar-refractivity contribution in [2.75, 3.05) is 19.8 Å². The first kappa shape index (κ1) is 15.2. The molecule has 0 amide bonds. The monoisotopic (exact) mass is 251 g/mol. The first-order valence-corrected chi connectivity index (χ1v) is 6.67. The van der Waals surface area contributed by atoms with Gasteiger partial charge in [0.2, 0.25) is 0 Å². The maximum absolute atomic E-state index is 6.01. The maximum atomic E-state index is 6.01. The lowest BCUT2D eigenvalue weighted by molar-refractivity contribution is -0.00496. The van der Waals surface area contributed by atoms with E-state index in [0.29, 0.717) is 13.2 Å². The van der Waals surface area contributed by atoms with E-state index in [1.165, 1.54) is 11.1 Å². The SMILES string of the molecule is CCCOCCOC(c1ccccc1C)C(C)N. The predicted molar refractivity (Wildman–Crippen MR) is 74.6 cm³/mol. The first-order valence-electron chi connectivity index (χ1n) is 6.67. The summed E-state index contributed by atoms with van der Waals surface area (Å²) in [5.74, 6) is 0. The largest absolute Gasteiger partial charge is 0.379 e. The van der Waals surface area contributed by atoms with Crippen LogP contribution in [0.4, 0.5) is 0 Å². The second-order valence-corrected chi connectivity index (χ2v) is 4.62. The molecule has 0 aliphatic carbocycles. The minimum Gasteiger partial charge on any atom is -0.379 e. The van der Waals surface area contributed by atoms with Crippen molar-refractivity contribution in [1.82, 2.24) is 0 Å². The number of hydrogen-bond donors (Lipinski definition) is 1. The highest BCUT2D eigenvalue weighted by molar-refractivity contribution is 5.28. The van der Waals surface area contributed by atoms with E-state index in [-0.39, 0.29) is 12.1 Å². The third-order valence-electron chi connectivity index (χ3n) is 2.85. The van der Waals surface area contributed by atoms with Crippen LogP contribution in [0.25, 0.3) is 0 Å². The maximum Gasteiger partial charge on any atom is 0.0976 e. The Morgan fingerprint density at radius 2 is 1.89 bits per heavy atom. The average Bonchev–Trinajstić information content (AvgIpc) is 2.35. The number of rotatable bonds is 8. The Morgan fingerprint density at radius 1 is 1.17 bits per heavy atom. The zero-order chi connectivity index (χ0) is 13.4. The zero-order valence-electron chi connectivity index (χ0n) is 11.7. The molecule has 0 saturated heterocycles. The van der Waals surface area contributed by atoms with Gasteiger partial charge in [-0.2, -0.15) is 0 Å². The number of hydrogen-bond acceptors (Lipinski definition) is 3. The van der Waals surface area contributed by atoms with Gasteiger partial charge in [0.15, 0.2) is 0 Å². The van der Waals surface area contributed by atoms with Crippen molar-refractivity contribution in [3.63, 3.8) is 0 Å². The van der Waals surface area contributed by atoms with Crippen molar-refractivity contribution in [3.8, 4) is 0 Å². The Labute approximate surface area is 110 Å². The predicted octanol–water partition coefficient (Wildman–Crippen LogP) is 2.83. The van der Waals surface area contributed by atoms with Crippen molar-refractivity contribution >= 4 is 0 Å². The van der Waals surface area contributed by atoms with Crippen LogP contribution in [0.15, 0.2) is 24.3 Å². The zero-order valence-corrected chi connectivity index (χ0v) is 11.7. The molecule has 2 unspecified atom stereocenters. The van der Waals surface area contributed by atoms with E-state index in [4.69, 9.17) is 15.2 Å². The summed E-state index contributed by atoms with van der Waals surface area (Å²) >= 11 is 0. The van der Waals surface area contributed by atoms with Gasteiger partial charge in [-0.25, -0.2) is 0 Å². The van der Waals surface area contributed by atoms with Crippen molar-refractivity contribution in [1.29, 1.82) is 0 Å². The normalized spacial score (nSPS) is 14.4. The summed E-state index contributed by atoms with van der Waals surface area (Å²) in [6, 6.07) is 8.19. The average molecular weight is 251 g/mol. The fourth-order valence-electron chi connectivity index (χ4n) is 1.91. The van der Waals surface area contributed by atoms with Crippen LogP contribution in [-0.4, -0.2) is 25.9 Å². The molecule has 0 heterocycles. The summed E-state index contributed by atoms with van der Waals surface area (Å²) in [5.41, 5.74) is 8.40. The van der Waals surface area contributed by atoms with Crippen molar-refractivity contribution < 1.29 is 9.47 Å². The van der Waals surface area contributed by atoms with E-state index in [1.54, 1.807) is 0 Å². The van der Waals surface area contributed by atoms with Gasteiger partial charge in [0, 0.05) is 12.6 Å². The molecule has 1 aromatic carbocycles. The summed E-state index contributed by atoms with van der Waals surface area (Å²) in [6.07, 6.45) is 0.977. The van der Waals surface area contributed by atoms with Crippen LogP contribution in [0, 0.1) is 6.92 Å². The molecule has 102 valence electrons. The van der Waals surface area contributed by atoms with E-state index >= 15 is 0 Å². The minimum atomic E-state index is -0.0589. The Hall–Kier alpha value is -0.900. The number of nitrogens with two attached hydrogens (primary N) is 1. The fourth-order valence-corrected chi connectivity index (χ4v) is 1.91. The molecule has 1 aromatic rings. The van der Waals surface area contributed by atoms with Crippen LogP contribution in [0.2, 0.25) is 0 Å². The number of ether oxygens (including phenoxy) is 2. The van der Waals surface area contributed by atoms with Gasteiger partial charge in [-0.1, -0.05) is 31.2 Å². The molecule has 0 aromatic heterocycles. The van der Waals surface area contributed by atoms with E-state index < -0.39 is 0 Å². The summed E-state index contributed by atoms with van der Waals surface area (Å²) in [5, 5.41) is 0. The molecule has 3 nitrogen and oxygen atoms in total. The molecular formula is C15H25NO2. The molecule has 0 radical (unpaired) electrons. The highest BCUT2D eigenvalue weighted by atomic mass is 16.5. The standard InChI is InChI=1S/C15H25NO2/c1-4-9-17-10-11-18-15(13(3)16)14-8-6-5-7-12(14)2/h5-8,13,15H,4,9-11,16H2,1-3H3. The minimum absolute atomic E-state index is 0.0303. The van der Waals surface area contributed by atoms with Gasteiger partial charge in [-0.15, -0.1) is 0 Å². The van der Waals surface area contributed by atoms with Gasteiger partial charge in [-0.3, -0.25) is 0 Å². The smallest absolute Gasteiger partial charge is 0.0976 e. The van der Waals surface area contributed by atoms with Crippen LogP contribution < -0.4 is 5.73 Å². The molecule has 0 fully saturated rings. The summed E-state index contributed by atoms with van der Waals surface area (Å²) in [6.45, 7) is 8.16. The number of aryl methyl sites for hydroxylation is 1. The Bertz CT molecular complexity index is 339. The lowest BCUT2D eigenvalue weighted by Gasteiger charge is -2.23. The first-order chi connectivity index (χ1) is 8.66. The molecule has 3 heteroatoms. The van der Waals surface area contributed by atoms with Crippen LogP contribution in [0.5, 0.6) is 0 Å². The third kappa shape index (κ3) is 4.77. The van der Waals surface area contributed by atoms with Crippen LogP contribution in [-0.2, 0) is 9.47 Å². The van der Waals surface area contributed by atoms with Gasteiger partial charge < -0.3 is 15.2 Å². The summed E-state index contributed by atoms with van der Waals surface area (Å²) in [7, 11) is 0. The topological polar surface area (TPSA) is 44.5 Å². The van der Waals surface area contributed by atoms with Crippen LogP contribution in [0.1, 0.15) is 37.5 Å². The van der Waals surface area contributed by atoms with Crippen LogP contribution >= 0.6 is 0 Å². The Balaban J connectivity index is 2.53. The molecule has 0 saturated carbocycles. The van der Waals surface area contributed by atoms with E-state index in [9.17, 15) is 0 Å². The number of benzene rings is 1. The molecule has 0 aliphatic heterocycles. The second-order valence-electron chi connectivity index (χ2n) is 4.62. The van der Waals surface area contributed by atoms with Crippen molar-refractivity contribution in [2.24, 2.45) is 5.73 Å². The quantitative estimate of drug-likeness (QED) is 0.723. The Morgan fingerprint density at radius 3 is 2.50 bits per heavy atom. The molecule has 18 heavy (non-hydrogen) atoms. The van der Waals surface area contributed by atoms with Gasteiger partial charge in [0.05, 0.1) is 19.3 Å². The van der Waals surface area contributed by atoms with Crippen LogP contribution in [0.3, 0.4) is 0 Å². The summed E-state index contributed by atoms with van der Waals surface area (Å²) in [4.78, 5) is 0. The highest BCUT2D eigenvalue weighted by Crippen LogP contribution is 2.23. The molecule has 1 rings (SSSR count). The second kappa shape index (κ2) is 8.25. The van der Waals surface area contributed by atoms with Gasteiger partial charge in [-0.05, 0) is 31.4 Å². The lowest BCUT2D eigenvalue weighted by atomic mass is 9.99. The van der Waals surface area contributed by atoms with E-state index in [2.05, 4.69) is 26.0 Å². The lowest BCUT2D eigenvalue weighted by Crippen LogP contribution is -2.28. The van der Waals surface area contributed by atoms with E-state index in [1.807, 2.05) is 19.1 Å². The van der Waals surface area contributed by atoms with Gasteiger partial charge >= 0.3 is 0 Å². The highest BCUT2D eigenvalue weighted by Gasteiger charge is 2.18. The molecule has 2 atom stereocenters. The van der Waals surface area contributed by atoms with Crippen molar-refractivity contribution in [3.05, 3.63) is 35.4 Å². The molecular weight excluding hydrogens is 226 g/mol. The van der Waals surface area contributed by atoms with Gasteiger partial charge in [0.25, 0.3) is 0 Å². The van der Waals surface area contributed by atoms with Gasteiger partial charge in [0.1, 0.15) is 0 Å². The Kier molecular flexibility index (Phi) is 6.94. The van der Waals surface area contributed by atoms with E-state index in [0.717, 1.165) is 13.0 Å². The third-order valence-corrected chi connectivity index (χ3v) is 2.85. The summed E-state index contributed by atoms with van der Waals surface area (Å²) < 4.78 is 11.3.